The van der Waals surface area contributed by atoms with Crippen LogP contribution >= 0.6 is 0 Å². The van der Waals surface area contributed by atoms with Gasteiger partial charge in [-0.2, -0.15) is 4.31 Å². The Labute approximate surface area is 150 Å². The zero-order valence-electron chi connectivity index (χ0n) is 14.5. The average Bonchev–Trinajstić information content (AvgIpc) is 3.01. The molecule has 3 aromatic rings. The maximum Gasteiger partial charge on any atom is 0.243 e. The van der Waals surface area contributed by atoms with E-state index in [0.717, 1.165) is 16.4 Å². The first kappa shape index (κ1) is 18.2. The second-order valence-electron chi connectivity index (χ2n) is 5.83. The first-order valence-corrected chi connectivity index (χ1v) is 9.19. The summed E-state index contributed by atoms with van der Waals surface area (Å²) in [6, 6.07) is 6.41. The van der Waals surface area contributed by atoms with Crippen LogP contribution in [0.2, 0.25) is 0 Å². The van der Waals surface area contributed by atoms with Crippen LogP contribution in [-0.4, -0.2) is 34.9 Å². The molecule has 0 bridgehead atoms. The van der Waals surface area contributed by atoms with E-state index in [9.17, 15) is 12.8 Å². The lowest BCUT2D eigenvalue weighted by Crippen LogP contribution is -2.27. The maximum absolute atomic E-state index is 13.1. The lowest BCUT2D eigenvalue weighted by Gasteiger charge is -2.18. The van der Waals surface area contributed by atoms with Crippen molar-refractivity contribution in [2.45, 2.75) is 25.3 Å². The molecule has 1 aromatic carbocycles. The molecule has 0 atom stereocenters. The number of aromatic nitrogens is 3. The zero-order valence-corrected chi connectivity index (χ0v) is 15.3. The van der Waals surface area contributed by atoms with Gasteiger partial charge in [0.15, 0.2) is 5.76 Å². The number of benzene rings is 1. The molecule has 0 saturated carbocycles. The van der Waals surface area contributed by atoms with Crippen molar-refractivity contribution >= 4 is 10.0 Å². The van der Waals surface area contributed by atoms with Crippen LogP contribution in [0.3, 0.4) is 0 Å². The molecule has 0 fully saturated rings. The van der Waals surface area contributed by atoms with Gasteiger partial charge in [0.1, 0.15) is 11.6 Å². The van der Waals surface area contributed by atoms with Gasteiger partial charge in [0.2, 0.25) is 10.0 Å². The monoisotopic (exact) mass is 376 g/mol. The lowest BCUT2D eigenvalue weighted by molar-refractivity contribution is 0.424. The van der Waals surface area contributed by atoms with Crippen molar-refractivity contribution in [3.8, 4) is 11.3 Å². The lowest BCUT2D eigenvalue weighted by atomic mass is 10.1. The maximum atomic E-state index is 13.1. The number of aryl methyl sites for hydroxylation is 2. The highest BCUT2D eigenvalue weighted by molar-refractivity contribution is 7.89. The molecule has 0 saturated heterocycles. The van der Waals surface area contributed by atoms with Crippen molar-refractivity contribution in [1.82, 2.24) is 19.4 Å². The molecule has 0 radical (unpaired) electrons. The van der Waals surface area contributed by atoms with Crippen molar-refractivity contribution in [3.63, 3.8) is 0 Å². The number of hydrogen-bond donors (Lipinski definition) is 0. The van der Waals surface area contributed by atoms with E-state index in [1.807, 2.05) is 0 Å². The molecule has 0 aliphatic rings. The van der Waals surface area contributed by atoms with Crippen molar-refractivity contribution in [3.05, 3.63) is 59.6 Å². The van der Waals surface area contributed by atoms with Crippen LogP contribution in [0.25, 0.3) is 11.3 Å². The summed E-state index contributed by atoms with van der Waals surface area (Å²) in [5, 5.41) is 3.84. The van der Waals surface area contributed by atoms with Gasteiger partial charge in [0.25, 0.3) is 0 Å². The SMILES string of the molecule is Cc1cc(-c2cnc(C)nc2CN(C)S(=O)(=O)c2ccc(F)cc2)on1. The van der Waals surface area contributed by atoms with Crippen molar-refractivity contribution < 1.29 is 17.3 Å². The Morgan fingerprint density at radius 3 is 2.50 bits per heavy atom. The summed E-state index contributed by atoms with van der Waals surface area (Å²) in [6.07, 6.45) is 1.58. The summed E-state index contributed by atoms with van der Waals surface area (Å²) in [7, 11) is -2.36. The Balaban J connectivity index is 1.95. The van der Waals surface area contributed by atoms with Crippen LogP contribution < -0.4 is 0 Å². The average molecular weight is 376 g/mol. The highest BCUT2D eigenvalue weighted by atomic mass is 32.2. The molecule has 2 heterocycles. The number of sulfonamides is 1. The minimum Gasteiger partial charge on any atom is -0.356 e. The fraction of sp³-hybridized carbons (Fsp3) is 0.235. The highest BCUT2D eigenvalue weighted by Crippen LogP contribution is 2.25. The number of halogens is 1. The quantitative estimate of drug-likeness (QED) is 0.680. The second-order valence-corrected chi connectivity index (χ2v) is 7.87. The summed E-state index contributed by atoms with van der Waals surface area (Å²) in [5.41, 5.74) is 1.75. The van der Waals surface area contributed by atoms with Gasteiger partial charge in [0, 0.05) is 19.3 Å². The van der Waals surface area contributed by atoms with E-state index in [4.69, 9.17) is 4.52 Å². The van der Waals surface area contributed by atoms with Gasteiger partial charge in [-0.15, -0.1) is 0 Å². The first-order chi connectivity index (χ1) is 12.3. The zero-order chi connectivity index (χ0) is 18.9. The van der Waals surface area contributed by atoms with E-state index >= 15 is 0 Å². The minimum absolute atomic E-state index is 0.00183. The Morgan fingerprint density at radius 1 is 1.19 bits per heavy atom. The molecule has 26 heavy (non-hydrogen) atoms. The standard InChI is InChI=1S/C17H17FN4O3S/c1-11-8-17(25-21-11)15-9-19-12(2)20-16(15)10-22(3)26(23,24)14-6-4-13(18)5-7-14/h4-9H,10H2,1-3H3. The van der Waals surface area contributed by atoms with Crippen LogP contribution in [-0.2, 0) is 16.6 Å². The molecule has 0 unspecified atom stereocenters. The third kappa shape index (κ3) is 3.63. The third-order valence-electron chi connectivity index (χ3n) is 3.78. The van der Waals surface area contributed by atoms with Crippen LogP contribution in [0.5, 0.6) is 0 Å². The fourth-order valence-electron chi connectivity index (χ4n) is 2.42. The van der Waals surface area contributed by atoms with Crippen molar-refractivity contribution in [2.75, 3.05) is 7.05 Å². The Bertz CT molecular complexity index is 1030. The largest absolute Gasteiger partial charge is 0.356 e. The van der Waals surface area contributed by atoms with E-state index in [2.05, 4.69) is 15.1 Å². The first-order valence-electron chi connectivity index (χ1n) is 7.75. The minimum atomic E-state index is -3.80. The van der Waals surface area contributed by atoms with Gasteiger partial charge in [-0.1, -0.05) is 5.16 Å². The second kappa shape index (κ2) is 6.93. The molecular formula is C17H17FN4O3S. The van der Waals surface area contributed by atoms with Crippen LogP contribution in [0, 0.1) is 19.7 Å². The van der Waals surface area contributed by atoms with Gasteiger partial charge in [-0.05, 0) is 38.1 Å². The van der Waals surface area contributed by atoms with Gasteiger partial charge in [0.05, 0.1) is 28.4 Å². The molecule has 0 aliphatic carbocycles. The van der Waals surface area contributed by atoms with E-state index in [1.54, 1.807) is 26.1 Å². The number of rotatable bonds is 5. The summed E-state index contributed by atoms with van der Waals surface area (Å²) in [5.74, 6) is 0.471. The van der Waals surface area contributed by atoms with Crippen molar-refractivity contribution in [2.24, 2.45) is 0 Å². The predicted molar refractivity (Wildman–Crippen MR) is 92.1 cm³/mol. The number of nitrogens with zero attached hydrogens (tertiary/aromatic N) is 4. The smallest absolute Gasteiger partial charge is 0.243 e. The normalized spacial score (nSPS) is 11.9. The molecule has 3 rings (SSSR count). The molecule has 2 aromatic heterocycles. The molecule has 136 valence electrons. The van der Waals surface area contributed by atoms with Gasteiger partial charge < -0.3 is 4.52 Å². The van der Waals surface area contributed by atoms with E-state index < -0.39 is 15.8 Å². The molecule has 7 nitrogen and oxygen atoms in total. The fourth-order valence-corrected chi connectivity index (χ4v) is 3.55. The summed E-state index contributed by atoms with van der Waals surface area (Å²) in [6.45, 7) is 3.50. The van der Waals surface area contributed by atoms with Crippen molar-refractivity contribution in [1.29, 1.82) is 0 Å². The Hall–Kier alpha value is -2.65. The molecular weight excluding hydrogens is 359 g/mol. The molecule has 0 aliphatic heterocycles. The van der Waals surface area contributed by atoms with Gasteiger partial charge >= 0.3 is 0 Å². The molecule has 9 heteroatoms. The Morgan fingerprint density at radius 2 is 1.88 bits per heavy atom. The van der Waals surface area contributed by atoms with Gasteiger partial charge in [-0.3, -0.25) is 0 Å². The third-order valence-corrected chi connectivity index (χ3v) is 5.59. The van der Waals surface area contributed by atoms with Gasteiger partial charge in [-0.25, -0.2) is 22.8 Å². The van der Waals surface area contributed by atoms with E-state index in [0.29, 0.717) is 28.5 Å². The molecule has 0 spiro atoms. The Kier molecular flexibility index (Phi) is 4.84. The summed E-state index contributed by atoms with van der Waals surface area (Å²) in [4.78, 5) is 8.51. The van der Waals surface area contributed by atoms with E-state index in [-0.39, 0.29) is 11.4 Å². The summed E-state index contributed by atoms with van der Waals surface area (Å²) < 4.78 is 44.9. The summed E-state index contributed by atoms with van der Waals surface area (Å²) >= 11 is 0. The highest BCUT2D eigenvalue weighted by Gasteiger charge is 2.23. The van der Waals surface area contributed by atoms with E-state index in [1.165, 1.54) is 19.2 Å². The van der Waals surface area contributed by atoms with Crippen LogP contribution in [0.4, 0.5) is 4.39 Å². The number of hydrogen-bond acceptors (Lipinski definition) is 6. The molecule has 0 amide bonds. The van der Waals surface area contributed by atoms with Crippen LogP contribution in [0.15, 0.2) is 45.9 Å². The predicted octanol–water partition coefficient (Wildman–Crippen LogP) is 2.71. The van der Waals surface area contributed by atoms with Crippen LogP contribution in [0.1, 0.15) is 17.2 Å². The topological polar surface area (TPSA) is 89.2 Å². The molecule has 0 N–H and O–H groups in total.